The largest absolute Gasteiger partial charge is 0.357 e. The zero-order chi connectivity index (χ0) is 19.1. The van der Waals surface area contributed by atoms with Gasteiger partial charge in [0.15, 0.2) is 11.8 Å². The normalized spacial score (nSPS) is 11.4. The van der Waals surface area contributed by atoms with Crippen molar-refractivity contribution in [1.29, 1.82) is 0 Å². The van der Waals surface area contributed by atoms with Gasteiger partial charge >= 0.3 is 0 Å². The molecule has 150 valence electrons. The maximum absolute atomic E-state index is 4.69. The van der Waals surface area contributed by atoms with Crippen LogP contribution < -0.4 is 10.6 Å². The van der Waals surface area contributed by atoms with E-state index in [4.69, 9.17) is 0 Å². The van der Waals surface area contributed by atoms with Crippen LogP contribution >= 0.6 is 35.3 Å². The lowest BCUT2D eigenvalue weighted by atomic mass is 10.1. The number of hydrogen-bond acceptors (Lipinski definition) is 5. The van der Waals surface area contributed by atoms with E-state index in [1.807, 2.05) is 12.1 Å². The fraction of sp³-hybridized carbons (Fsp3) is 0.368. The number of rotatable bonds is 7. The van der Waals surface area contributed by atoms with E-state index in [9.17, 15) is 0 Å². The summed E-state index contributed by atoms with van der Waals surface area (Å²) in [5.41, 5.74) is 3.25. The van der Waals surface area contributed by atoms with Crippen molar-refractivity contribution in [3.8, 4) is 11.4 Å². The summed E-state index contributed by atoms with van der Waals surface area (Å²) in [6.07, 6.45) is 1.51. The first-order valence-electron chi connectivity index (χ1n) is 9.07. The Morgan fingerprint density at radius 2 is 2.14 bits per heavy atom. The molecular formula is C19H26IN7S. The molecule has 2 aromatic heterocycles. The van der Waals surface area contributed by atoms with Crippen LogP contribution in [0.4, 0.5) is 0 Å². The van der Waals surface area contributed by atoms with E-state index in [2.05, 4.69) is 74.1 Å². The topological polar surface area (TPSA) is 90.9 Å². The molecule has 2 heterocycles. The van der Waals surface area contributed by atoms with Crippen LogP contribution in [0, 0.1) is 0 Å². The monoisotopic (exact) mass is 511 g/mol. The van der Waals surface area contributed by atoms with Crippen LogP contribution in [0.2, 0.25) is 0 Å². The average Bonchev–Trinajstić information content (AvgIpc) is 3.36. The summed E-state index contributed by atoms with van der Waals surface area (Å²) in [6.45, 7) is 8.42. The molecule has 9 heteroatoms. The molecule has 7 nitrogen and oxygen atoms in total. The molecule has 3 rings (SSSR count). The fourth-order valence-electron chi connectivity index (χ4n) is 2.50. The van der Waals surface area contributed by atoms with Crippen LogP contribution in [0.25, 0.3) is 11.4 Å². The third-order valence-electron chi connectivity index (χ3n) is 3.95. The molecule has 0 aliphatic heterocycles. The van der Waals surface area contributed by atoms with Crippen molar-refractivity contribution in [3.63, 3.8) is 0 Å². The van der Waals surface area contributed by atoms with Gasteiger partial charge in [-0.3, -0.25) is 5.10 Å². The summed E-state index contributed by atoms with van der Waals surface area (Å²) in [5, 5.41) is 16.6. The van der Waals surface area contributed by atoms with Crippen LogP contribution in [0.15, 0.2) is 41.0 Å². The first-order chi connectivity index (χ1) is 13.2. The number of thiazole rings is 1. The summed E-state index contributed by atoms with van der Waals surface area (Å²) >= 11 is 1.68. The van der Waals surface area contributed by atoms with Gasteiger partial charge in [-0.1, -0.05) is 32.0 Å². The van der Waals surface area contributed by atoms with Crippen molar-refractivity contribution in [3.05, 3.63) is 52.2 Å². The zero-order valence-corrected chi connectivity index (χ0v) is 19.4. The number of guanidine groups is 1. The standard InChI is InChI=1S/C19H25N7S.HI/c1-4-20-19(22-10-17-25-16(11-27-17)13(2)3)21-9-14-6-5-7-15(8-14)18-23-12-24-26-18;/h5-8,11-13H,4,9-10H2,1-3H3,(H2,20,21,22)(H,23,24,26);1H. The molecular weight excluding hydrogens is 485 g/mol. The van der Waals surface area contributed by atoms with Gasteiger partial charge in [-0.25, -0.2) is 15.0 Å². The Morgan fingerprint density at radius 1 is 1.29 bits per heavy atom. The second-order valence-corrected chi connectivity index (χ2v) is 7.35. The van der Waals surface area contributed by atoms with E-state index in [0.29, 0.717) is 19.0 Å². The number of benzene rings is 1. The first kappa shape index (κ1) is 22.3. The van der Waals surface area contributed by atoms with E-state index in [1.54, 1.807) is 11.3 Å². The summed E-state index contributed by atoms with van der Waals surface area (Å²) < 4.78 is 0. The number of hydrogen-bond donors (Lipinski definition) is 3. The minimum atomic E-state index is 0. The van der Waals surface area contributed by atoms with Crippen molar-refractivity contribution in [2.75, 3.05) is 6.54 Å². The van der Waals surface area contributed by atoms with Crippen LogP contribution in [-0.4, -0.2) is 32.7 Å². The molecule has 0 saturated carbocycles. The molecule has 0 aliphatic carbocycles. The Hall–Kier alpha value is -2.01. The summed E-state index contributed by atoms with van der Waals surface area (Å²) in [5.74, 6) is 1.99. The lowest BCUT2D eigenvalue weighted by Crippen LogP contribution is -2.36. The molecule has 0 unspecified atom stereocenters. The van der Waals surface area contributed by atoms with Gasteiger partial charge in [0.25, 0.3) is 0 Å². The number of nitrogens with zero attached hydrogens (tertiary/aromatic N) is 4. The number of nitrogens with one attached hydrogen (secondary N) is 3. The Kier molecular flexibility index (Phi) is 8.84. The van der Waals surface area contributed by atoms with Gasteiger partial charge in [0, 0.05) is 17.5 Å². The van der Waals surface area contributed by atoms with Gasteiger partial charge in [-0.15, -0.1) is 35.3 Å². The Bertz CT molecular complexity index is 874. The minimum Gasteiger partial charge on any atom is -0.357 e. The quantitative estimate of drug-likeness (QED) is 0.254. The van der Waals surface area contributed by atoms with Gasteiger partial charge in [0.2, 0.25) is 0 Å². The van der Waals surface area contributed by atoms with Crippen molar-refractivity contribution in [2.24, 2.45) is 4.99 Å². The smallest absolute Gasteiger partial charge is 0.191 e. The van der Waals surface area contributed by atoms with Gasteiger partial charge in [0.05, 0.1) is 18.8 Å². The summed E-state index contributed by atoms with van der Waals surface area (Å²) in [7, 11) is 0. The number of halogens is 1. The molecule has 0 radical (unpaired) electrons. The van der Waals surface area contributed by atoms with Crippen molar-refractivity contribution in [2.45, 2.75) is 39.8 Å². The second-order valence-electron chi connectivity index (χ2n) is 6.40. The van der Waals surface area contributed by atoms with E-state index in [1.165, 1.54) is 6.33 Å². The molecule has 0 aliphatic rings. The van der Waals surface area contributed by atoms with Crippen molar-refractivity contribution >= 4 is 41.3 Å². The number of H-pyrrole nitrogens is 1. The van der Waals surface area contributed by atoms with Crippen LogP contribution in [-0.2, 0) is 13.1 Å². The highest BCUT2D eigenvalue weighted by Gasteiger charge is 2.07. The van der Waals surface area contributed by atoms with E-state index >= 15 is 0 Å². The zero-order valence-electron chi connectivity index (χ0n) is 16.3. The molecule has 28 heavy (non-hydrogen) atoms. The van der Waals surface area contributed by atoms with E-state index in [0.717, 1.165) is 40.2 Å². The Balaban J connectivity index is 0.00000280. The van der Waals surface area contributed by atoms with Gasteiger partial charge in [-0.05, 0) is 24.5 Å². The van der Waals surface area contributed by atoms with Crippen LogP contribution in [0.1, 0.15) is 43.0 Å². The van der Waals surface area contributed by atoms with E-state index < -0.39 is 0 Å². The molecule has 1 aromatic carbocycles. The minimum absolute atomic E-state index is 0. The molecule has 0 saturated heterocycles. The van der Waals surface area contributed by atoms with Gasteiger partial charge < -0.3 is 10.6 Å². The highest BCUT2D eigenvalue weighted by molar-refractivity contribution is 14.0. The summed E-state index contributed by atoms with van der Waals surface area (Å²) in [6, 6.07) is 8.14. The molecule has 0 bridgehead atoms. The molecule has 0 amide bonds. The molecule has 0 atom stereocenters. The van der Waals surface area contributed by atoms with E-state index in [-0.39, 0.29) is 24.0 Å². The van der Waals surface area contributed by atoms with Gasteiger partial charge in [0.1, 0.15) is 11.3 Å². The fourth-order valence-corrected chi connectivity index (χ4v) is 3.40. The van der Waals surface area contributed by atoms with Crippen molar-refractivity contribution < 1.29 is 0 Å². The SMILES string of the molecule is CCNC(=NCc1cccc(-c2ncn[nH]2)c1)NCc1nc(C(C)C)cs1.I. The van der Waals surface area contributed by atoms with Crippen LogP contribution in [0.5, 0.6) is 0 Å². The lowest BCUT2D eigenvalue weighted by Gasteiger charge is -2.10. The molecule has 0 spiro atoms. The first-order valence-corrected chi connectivity index (χ1v) is 9.94. The Labute approximate surface area is 186 Å². The average molecular weight is 511 g/mol. The number of aromatic amines is 1. The molecule has 0 fully saturated rings. The van der Waals surface area contributed by atoms with Gasteiger partial charge in [-0.2, -0.15) is 5.10 Å². The number of aliphatic imine (C=N–C) groups is 1. The predicted octanol–water partition coefficient (Wildman–Crippen LogP) is 3.92. The summed E-state index contributed by atoms with van der Waals surface area (Å²) in [4.78, 5) is 13.5. The maximum Gasteiger partial charge on any atom is 0.191 e. The Morgan fingerprint density at radius 3 is 2.82 bits per heavy atom. The lowest BCUT2D eigenvalue weighted by molar-refractivity contribution is 0.788. The third kappa shape index (κ3) is 6.26. The predicted molar refractivity (Wildman–Crippen MR) is 125 cm³/mol. The number of aromatic nitrogens is 4. The van der Waals surface area contributed by atoms with Crippen molar-refractivity contribution in [1.82, 2.24) is 30.8 Å². The highest BCUT2D eigenvalue weighted by atomic mass is 127. The molecule has 3 N–H and O–H groups in total. The maximum atomic E-state index is 4.69. The molecule has 3 aromatic rings. The highest BCUT2D eigenvalue weighted by Crippen LogP contribution is 2.18. The van der Waals surface area contributed by atoms with Crippen LogP contribution in [0.3, 0.4) is 0 Å². The second kappa shape index (κ2) is 11.1. The third-order valence-corrected chi connectivity index (χ3v) is 4.81.